The van der Waals surface area contributed by atoms with Gasteiger partial charge in [-0.2, -0.15) is 0 Å². The summed E-state index contributed by atoms with van der Waals surface area (Å²) in [6.45, 7) is 0. The van der Waals surface area contributed by atoms with Crippen LogP contribution in [0.15, 0.2) is 48.5 Å². The van der Waals surface area contributed by atoms with Crippen LogP contribution < -0.4 is 16.0 Å². The fraction of sp³-hybridized carbons (Fsp3) is 0.500. The van der Waals surface area contributed by atoms with Gasteiger partial charge in [0.15, 0.2) is 0 Å². The van der Waals surface area contributed by atoms with Crippen molar-refractivity contribution >= 4 is 24.0 Å². The highest BCUT2D eigenvalue weighted by Crippen LogP contribution is 2.36. The molecule has 0 heterocycles. The third-order valence-corrected chi connectivity index (χ3v) is 7.92. The van der Waals surface area contributed by atoms with E-state index in [4.69, 9.17) is 5.73 Å². The first kappa shape index (κ1) is 26.9. The molecule has 0 radical (unpaired) electrons. The van der Waals surface area contributed by atoms with Crippen molar-refractivity contribution in [1.82, 2.24) is 5.32 Å². The number of aryl methyl sites for hydroxylation is 1. The smallest absolute Gasteiger partial charge is 0.412 e. The highest BCUT2D eigenvalue weighted by atomic mass is 16.4. The Morgan fingerprint density at radius 3 is 2.32 bits per heavy atom. The highest BCUT2D eigenvalue weighted by molar-refractivity contribution is 5.93. The molecule has 0 aromatic heterocycles. The molecule has 0 unspecified atom stereocenters. The molecule has 0 bridgehead atoms. The third kappa shape index (κ3) is 7.19. The van der Waals surface area contributed by atoms with Gasteiger partial charge in [-0.15, -0.1) is 0 Å². The second kappa shape index (κ2) is 12.9. The Morgan fingerprint density at radius 2 is 1.68 bits per heavy atom. The Labute approximate surface area is 219 Å². The molecule has 2 aromatic rings. The lowest BCUT2D eigenvalue weighted by Gasteiger charge is -2.35. The molecule has 37 heavy (non-hydrogen) atoms. The van der Waals surface area contributed by atoms with Crippen LogP contribution in [0.3, 0.4) is 0 Å². The van der Waals surface area contributed by atoms with E-state index in [0.29, 0.717) is 24.9 Å². The molecule has 198 valence electrons. The van der Waals surface area contributed by atoms with Gasteiger partial charge < -0.3 is 21.0 Å². The van der Waals surface area contributed by atoms with E-state index in [-0.39, 0.29) is 30.0 Å². The molecule has 0 atom stereocenters. The van der Waals surface area contributed by atoms with Gasteiger partial charge in [0, 0.05) is 36.0 Å². The van der Waals surface area contributed by atoms with E-state index in [9.17, 15) is 19.5 Å². The number of rotatable bonds is 9. The van der Waals surface area contributed by atoms with E-state index in [1.165, 1.54) is 0 Å². The van der Waals surface area contributed by atoms with Crippen molar-refractivity contribution in [3.8, 4) is 11.1 Å². The largest absolute Gasteiger partial charge is 0.465 e. The standard InChI is InChI=1S/C30H39N3O4/c31-24-12-16-26(17-13-24)33(30(36)37)28-19-21(11-18-27(28)23-6-2-1-3-7-23)5-4-8-29(35)32-25-14-9-22(20-34)10-15-25/h1-3,6-7,11,18-20,22,24-26H,4-5,8-10,12-17,31H2,(H,32,35)(H,36,37). The van der Waals surface area contributed by atoms with Crippen LogP contribution in [-0.2, 0) is 16.0 Å². The third-order valence-electron chi connectivity index (χ3n) is 7.92. The minimum atomic E-state index is -0.946. The first-order chi connectivity index (χ1) is 17.9. The van der Waals surface area contributed by atoms with Gasteiger partial charge in [0.05, 0.1) is 5.69 Å². The lowest BCUT2D eigenvalue weighted by molar-refractivity contribution is -0.122. The zero-order valence-electron chi connectivity index (χ0n) is 21.5. The van der Waals surface area contributed by atoms with Crippen molar-refractivity contribution in [3.63, 3.8) is 0 Å². The summed E-state index contributed by atoms with van der Waals surface area (Å²) in [6.07, 6.45) is 8.43. The van der Waals surface area contributed by atoms with E-state index in [2.05, 4.69) is 5.32 Å². The molecule has 7 nitrogen and oxygen atoms in total. The number of carbonyl (C=O) groups excluding carboxylic acids is 2. The first-order valence-electron chi connectivity index (χ1n) is 13.7. The molecule has 2 saturated carbocycles. The number of nitrogens with two attached hydrogens (primary N) is 1. The minimum absolute atomic E-state index is 0.0430. The minimum Gasteiger partial charge on any atom is -0.465 e. The van der Waals surface area contributed by atoms with Gasteiger partial charge in [-0.25, -0.2) is 4.79 Å². The second-order valence-corrected chi connectivity index (χ2v) is 10.6. The first-order valence-corrected chi connectivity index (χ1v) is 13.7. The Balaban J connectivity index is 1.45. The summed E-state index contributed by atoms with van der Waals surface area (Å²) in [5, 5.41) is 13.4. The van der Waals surface area contributed by atoms with Crippen LogP contribution in [0.5, 0.6) is 0 Å². The van der Waals surface area contributed by atoms with Crippen LogP contribution in [0.2, 0.25) is 0 Å². The summed E-state index contributed by atoms with van der Waals surface area (Å²) in [7, 11) is 0. The maximum atomic E-state index is 12.5. The van der Waals surface area contributed by atoms with Crippen LogP contribution in [0.25, 0.3) is 11.1 Å². The van der Waals surface area contributed by atoms with E-state index >= 15 is 0 Å². The van der Waals surface area contributed by atoms with E-state index in [1.807, 2.05) is 48.5 Å². The Kier molecular flexibility index (Phi) is 9.34. The maximum absolute atomic E-state index is 12.5. The molecule has 0 saturated heterocycles. The van der Waals surface area contributed by atoms with E-state index < -0.39 is 6.09 Å². The van der Waals surface area contributed by atoms with Crippen LogP contribution in [0.4, 0.5) is 10.5 Å². The van der Waals surface area contributed by atoms with Crippen LogP contribution in [0.1, 0.15) is 69.8 Å². The summed E-state index contributed by atoms with van der Waals surface area (Å²) in [4.78, 5) is 37.5. The van der Waals surface area contributed by atoms with E-state index in [1.54, 1.807) is 4.90 Å². The molecule has 2 amide bonds. The normalized spacial score (nSPS) is 23.7. The molecule has 4 rings (SSSR count). The average molecular weight is 506 g/mol. The van der Waals surface area contributed by atoms with Crippen LogP contribution >= 0.6 is 0 Å². The molecule has 0 spiro atoms. The van der Waals surface area contributed by atoms with Gasteiger partial charge in [0.2, 0.25) is 5.91 Å². The summed E-state index contributed by atoms with van der Waals surface area (Å²) in [5.74, 6) is 0.179. The average Bonchev–Trinajstić information content (AvgIpc) is 2.91. The zero-order valence-corrected chi connectivity index (χ0v) is 21.5. The molecular weight excluding hydrogens is 466 g/mol. The monoisotopic (exact) mass is 505 g/mol. The summed E-state index contributed by atoms with van der Waals surface area (Å²) < 4.78 is 0. The topological polar surface area (TPSA) is 113 Å². The predicted octanol–water partition coefficient (Wildman–Crippen LogP) is 5.30. The fourth-order valence-corrected chi connectivity index (χ4v) is 5.76. The number of hydrogen-bond donors (Lipinski definition) is 3. The molecule has 7 heteroatoms. The van der Waals surface area contributed by atoms with Crippen molar-refractivity contribution < 1.29 is 19.5 Å². The number of nitrogens with zero attached hydrogens (tertiary/aromatic N) is 1. The molecular formula is C30H39N3O4. The van der Waals surface area contributed by atoms with Gasteiger partial charge in [-0.05, 0) is 81.4 Å². The van der Waals surface area contributed by atoms with Crippen molar-refractivity contribution in [1.29, 1.82) is 0 Å². The number of carboxylic acid groups (broad SMARTS) is 1. The molecule has 2 fully saturated rings. The van der Waals surface area contributed by atoms with Gasteiger partial charge in [0.25, 0.3) is 0 Å². The van der Waals surface area contributed by atoms with Gasteiger partial charge in [-0.3, -0.25) is 9.69 Å². The Morgan fingerprint density at radius 1 is 0.973 bits per heavy atom. The Hall–Kier alpha value is -3.19. The fourth-order valence-electron chi connectivity index (χ4n) is 5.76. The molecule has 2 aromatic carbocycles. The molecule has 2 aliphatic carbocycles. The second-order valence-electron chi connectivity index (χ2n) is 10.6. The number of benzene rings is 2. The number of nitrogens with one attached hydrogen (secondary N) is 1. The van der Waals surface area contributed by atoms with Crippen molar-refractivity contribution in [3.05, 3.63) is 54.1 Å². The number of amides is 2. The summed E-state index contributed by atoms with van der Waals surface area (Å²) >= 11 is 0. The molecule has 0 aliphatic heterocycles. The van der Waals surface area contributed by atoms with Crippen LogP contribution in [0, 0.1) is 5.92 Å². The zero-order chi connectivity index (χ0) is 26.2. The number of aldehydes is 1. The van der Waals surface area contributed by atoms with E-state index in [0.717, 1.165) is 74.3 Å². The number of hydrogen-bond acceptors (Lipinski definition) is 4. The molecule has 2 aliphatic rings. The summed E-state index contributed by atoms with van der Waals surface area (Å²) in [5.41, 5.74) is 9.69. The Bertz CT molecular complexity index is 1060. The van der Waals surface area contributed by atoms with Gasteiger partial charge in [0.1, 0.15) is 6.29 Å². The predicted molar refractivity (Wildman–Crippen MR) is 146 cm³/mol. The SMILES string of the molecule is NC1CCC(N(C(=O)O)c2cc(CCCC(=O)NC3CCC(C=O)CC3)ccc2-c2ccccc2)CC1. The van der Waals surface area contributed by atoms with Crippen LogP contribution in [-0.4, -0.2) is 41.5 Å². The molecule has 4 N–H and O–H groups in total. The van der Waals surface area contributed by atoms with Crippen molar-refractivity contribution in [2.75, 3.05) is 4.90 Å². The highest BCUT2D eigenvalue weighted by Gasteiger charge is 2.30. The quantitative estimate of drug-likeness (QED) is 0.400. The lowest BCUT2D eigenvalue weighted by atomic mass is 9.87. The van der Waals surface area contributed by atoms with Crippen molar-refractivity contribution in [2.45, 2.75) is 88.8 Å². The van der Waals surface area contributed by atoms with Gasteiger partial charge in [-0.1, -0.05) is 42.5 Å². The number of carbonyl (C=O) groups is 3. The maximum Gasteiger partial charge on any atom is 0.412 e. The lowest BCUT2D eigenvalue weighted by Crippen LogP contribution is -2.44. The van der Waals surface area contributed by atoms with Gasteiger partial charge >= 0.3 is 6.09 Å². The van der Waals surface area contributed by atoms with Crippen molar-refractivity contribution in [2.24, 2.45) is 11.7 Å². The number of anilines is 1. The summed E-state index contributed by atoms with van der Waals surface area (Å²) in [6, 6.07) is 16.1.